The van der Waals surface area contributed by atoms with Crippen molar-refractivity contribution in [1.82, 2.24) is 9.55 Å². The molecule has 1 fully saturated rings. The topological polar surface area (TPSA) is 47.3 Å². The molecule has 0 bridgehead atoms. The molecule has 0 radical (unpaired) electrons. The quantitative estimate of drug-likeness (QED) is 0.639. The Morgan fingerprint density at radius 2 is 2.33 bits per heavy atom. The van der Waals surface area contributed by atoms with Crippen LogP contribution in [0.4, 0.5) is 0 Å². The molecule has 1 aliphatic heterocycles. The van der Waals surface area contributed by atoms with Gasteiger partial charge in [0.15, 0.2) is 5.60 Å². The predicted octanol–water partition coefficient (Wildman–Crippen LogP) is -0.0537. The zero-order valence-electron chi connectivity index (χ0n) is 7.24. The molecule has 0 saturated carbocycles. The fourth-order valence-corrected chi connectivity index (χ4v) is 1.47. The number of rotatable bonds is 1. The first-order valence-electron chi connectivity index (χ1n) is 3.92. The van der Waals surface area contributed by atoms with E-state index in [1.165, 1.54) is 0 Å². The highest BCUT2D eigenvalue weighted by atomic mass is 16.5. The average Bonchev–Trinajstić information content (AvgIpc) is 2.25. The number of hydrogen-bond acceptors (Lipinski definition) is 3. The summed E-state index contributed by atoms with van der Waals surface area (Å²) in [6.07, 6.45) is 1.89. The molecule has 2 rings (SSSR count). The lowest BCUT2D eigenvalue weighted by Crippen LogP contribution is -2.48. The van der Waals surface area contributed by atoms with E-state index in [1.807, 2.05) is 24.7 Å². The molecule has 4 nitrogen and oxygen atoms in total. The number of ether oxygens (including phenoxy) is 1. The van der Waals surface area contributed by atoms with Crippen LogP contribution in [0.3, 0.4) is 0 Å². The van der Waals surface area contributed by atoms with Gasteiger partial charge in [-0.3, -0.25) is 0 Å². The maximum Gasteiger partial charge on any atom is 0.169 e. The number of nitrogens with zero attached hydrogens (tertiary/aromatic N) is 2. The summed E-state index contributed by atoms with van der Waals surface area (Å²) < 4.78 is 6.80. The third kappa shape index (κ3) is 0.956. The molecule has 1 aromatic heterocycles. The molecular formula is C8H12N2O2. The van der Waals surface area contributed by atoms with Crippen LogP contribution in [0.15, 0.2) is 6.20 Å². The zero-order valence-corrected chi connectivity index (χ0v) is 7.24. The first kappa shape index (κ1) is 7.76. The summed E-state index contributed by atoms with van der Waals surface area (Å²) >= 11 is 0. The van der Waals surface area contributed by atoms with Crippen molar-refractivity contribution in [2.24, 2.45) is 7.05 Å². The lowest BCUT2D eigenvalue weighted by molar-refractivity contribution is -0.190. The van der Waals surface area contributed by atoms with Gasteiger partial charge in [-0.1, -0.05) is 0 Å². The van der Waals surface area contributed by atoms with Crippen molar-refractivity contribution in [2.75, 3.05) is 13.2 Å². The summed E-state index contributed by atoms with van der Waals surface area (Å²) in [5, 5.41) is 9.87. The molecule has 0 amide bonds. The second kappa shape index (κ2) is 2.31. The molecule has 1 N–H and O–H groups in total. The second-order valence-electron chi connectivity index (χ2n) is 3.34. The van der Waals surface area contributed by atoms with Crippen LogP contribution in [0.2, 0.25) is 0 Å². The fraction of sp³-hybridized carbons (Fsp3) is 0.625. The van der Waals surface area contributed by atoms with E-state index in [9.17, 15) is 5.11 Å². The Kier molecular flexibility index (Phi) is 1.49. The molecule has 0 aliphatic carbocycles. The Labute approximate surface area is 70.8 Å². The smallest absolute Gasteiger partial charge is 0.169 e. The van der Waals surface area contributed by atoms with Gasteiger partial charge < -0.3 is 14.4 Å². The molecule has 1 aromatic rings. The molecule has 0 spiro atoms. The highest BCUT2D eigenvalue weighted by Gasteiger charge is 2.41. The van der Waals surface area contributed by atoms with Gasteiger partial charge in [-0.05, 0) is 6.92 Å². The molecule has 2 heterocycles. The molecule has 0 atom stereocenters. The van der Waals surface area contributed by atoms with E-state index < -0.39 is 5.60 Å². The highest BCUT2D eigenvalue weighted by Crippen LogP contribution is 2.27. The third-order valence-corrected chi connectivity index (χ3v) is 2.09. The van der Waals surface area contributed by atoms with Gasteiger partial charge in [-0.15, -0.1) is 0 Å². The van der Waals surface area contributed by atoms with Crippen LogP contribution in [-0.2, 0) is 17.4 Å². The minimum absolute atomic E-state index is 0.358. The molecule has 0 unspecified atom stereocenters. The molecule has 1 aliphatic rings. The van der Waals surface area contributed by atoms with Gasteiger partial charge in [0.2, 0.25) is 0 Å². The average molecular weight is 168 g/mol. The number of hydrogen-bond donors (Lipinski definition) is 1. The van der Waals surface area contributed by atoms with Crippen LogP contribution in [0.25, 0.3) is 0 Å². The van der Waals surface area contributed by atoms with Crippen LogP contribution in [0.1, 0.15) is 11.5 Å². The number of aromatic nitrogens is 2. The number of imidazole rings is 1. The molecular weight excluding hydrogens is 156 g/mol. The Morgan fingerprint density at radius 3 is 2.67 bits per heavy atom. The van der Waals surface area contributed by atoms with Crippen LogP contribution < -0.4 is 0 Å². The maximum atomic E-state index is 9.87. The number of aliphatic hydroxyl groups is 1. The third-order valence-electron chi connectivity index (χ3n) is 2.09. The van der Waals surface area contributed by atoms with Gasteiger partial charge in [0.25, 0.3) is 0 Å². The first-order valence-corrected chi connectivity index (χ1v) is 3.92. The summed E-state index contributed by atoms with van der Waals surface area (Å²) in [6.45, 7) is 2.63. The van der Waals surface area contributed by atoms with Crippen molar-refractivity contribution >= 4 is 0 Å². The fourth-order valence-electron chi connectivity index (χ4n) is 1.47. The van der Waals surface area contributed by atoms with Gasteiger partial charge >= 0.3 is 0 Å². The van der Waals surface area contributed by atoms with Gasteiger partial charge in [-0.2, -0.15) is 0 Å². The zero-order chi connectivity index (χ0) is 8.77. The van der Waals surface area contributed by atoms with Crippen molar-refractivity contribution in [3.8, 4) is 0 Å². The Bertz CT molecular complexity index is 302. The van der Waals surface area contributed by atoms with Crippen molar-refractivity contribution in [3.05, 3.63) is 17.7 Å². The Balaban J connectivity index is 2.38. The normalized spacial score (nSPS) is 20.6. The minimum Gasteiger partial charge on any atom is -0.377 e. The summed E-state index contributed by atoms with van der Waals surface area (Å²) in [5.74, 6) is 0.700. The van der Waals surface area contributed by atoms with E-state index in [0.717, 1.165) is 5.69 Å². The van der Waals surface area contributed by atoms with Crippen LogP contribution in [0, 0.1) is 6.92 Å². The lowest BCUT2D eigenvalue weighted by atomic mass is 10.0. The maximum absolute atomic E-state index is 9.87. The van der Waals surface area contributed by atoms with Crippen LogP contribution >= 0.6 is 0 Å². The van der Waals surface area contributed by atoms with Crippen LogP contribution in [-0.4, -0.2) is 27.9 Å². The standard InChI is InChI=1S/C8H12N2O2/c1-6-3-10(2)7(9-6)8(11)4-12-5-8/h3,11H,4-5H2,1-2H3. The van der Waals surface area contributed by atoms with Crippen molar-refractivity contribution < 1.29 is 9.84 Å². The summed E-state index contributed by atoms with van der Waals surface area (Å²) in [6, 6.07) is 0. The van der Waals surface area contributed by atoms with Gasteiger partial charge in [0.05, 0.1) is 18.9 Å². The predicted molar refractivity (Wildman–Crippen MR) is 42.7 cm³/mol. The Hall–Kier alpha value is -0.870. The second-order valence-corrected chi connectivity index (χ2v) is 3.34. The van der Waals surface area contributed by atoms with E-state index in [1.54, 1.807) is 0 Å². The molecule has 4 heteroatoms. The van der Waals surface area contributed by atoms with Crippen molar-refractivity contribution in [2.45, 2.75) is 12.5 Å². The van der Waals surface area contributed by atoms with Crippen LogP contribution in [0.5, 0.6) is 0 Å². The van der Waals surface area contributed by atoms with Crippen molar-refractivity contribution in [1.29, 1.82) is 0 Å². The first-order chi connectivity index (χ1) is 5.62. The SMILES string of the molecule is Cc1cn(C)c(C2(O)COC2)n1. The van der Waals surface area contributed by atoms with E-state index in [2.05, 4.69) is 4.98 Å². The molecule has 12 heavy (non-hydrogen) atoms. The largest absolute Gasteiger partial charge is 0.377 e. The molecule has 0 aromatic carbocycles. The number of aryl methyl sites for hydroxylation is 2. The summed E-state index contributed by atoms with van der Waals surface area (Å²) in [4.78, 5) is 4.24. The monoisotopic (exact) mass is 168 g/mol. The molecule has 1 saturated heterocycles. The van der Waals surface area contributed by atoms with E-state index in [-0.39, 0.29) is 0 Å². The van der Waals surface area contributed by atoms with E-state index >= 15 is 0 Å². The summed E-state index contributed by atoms with van der Waals surface area (Å²) in [7, 11) is 1.88. The Morgan fingerprint density at radius 1 is 1.67 bits per heavy atom. The minimum atomic E-state index is -0.844. The van der Waals surface area contributed by atoms with Crippen molar-refractivity contribution in [3.63, 3.8) is 0 Å². The highest BCUT2D eigenvalue weighted by molar-refractivity contribution is 5.12. The van der Waals surface area contributed by atoms with Gasteiger partial charge in [0, 0.05) is 13.2 Å². The summed E-state index contributed by atoms with van der Waals surface area (Å²) in [5.41, 5.74) is 0.0797. The van der Waals surface area contributed by atoms with Gasteiger partial charge in [-0.25, -0.2) is 4.98 Å². The van der Waals surface area contributed by atoms with E-state index in [0.29, 0.717) is 19.0 Å². The molecule has 66 valence electrons. The van der Waals surface area contributed by atoms with Gasteiger partial charge in [0.1, 0.15) is 5.82 Å². The van der Waals surface area contributed by atoms with E-state index in [4.69, 9.17) is 4.74 Å². The lowest BCUT2D eigenvalue weighted by Gasteiger charge is -2.35.